The summed E-state index contributed by atoms with van der Waals surface area (Å²) in [4.78, 5) is 18.6. The van der Waals surface area contributed by atoms with Crippen molar-refractivity contribution in [2.75, 3.05) is 0 Å². The Labute approximate surface area is 146 Å². The third kappa shape index (κ3) is 2.43. The van der Waals surface area contributed by atoms with Gasteiger partial charge in [-0.15, -0.1) is 11.3 Å². The number of amides is 1. The fourth-order valence-electron chi connectivity index (χ4n) is 6.15. The second-order valence-electron chi connectivity index (χ2n) is 9.02. The Morgan fingerprint density at radius 2 is 2.04 bits per heavy atom. The molecule has 0 radical (unpaired) electrons. The zero-order valence-corrected chi connectivity index (χ0v) is 14.9. The standard InChI is InChI=1S/C19H26N2O2S/c22-16(20-17-21(4-5-24-17)11-13-2-1-3-13)18-7-14-6-15(8-18)10-19(23,9-14)12-18/h4-5,13-15,23H,1-3,6-12H2/b20-17-. The van der Waals surface area contributed by atoms with E-state index < -0.39 is 5.60 Å². The molecule has 2 atom stereocenters. The van der Waals surface area contributed by atoms with Crippen LogP contribution in [0.25, 0.3) is 0 Å². The van der Waals surface area contributed by atoms with E-state index in [4.69, 9.17) is 0 Å². The van der Waals surface area contributed by atoms with Gasteiger partial charge in [0.2, 0.25) is 0 Å². The lowest BCUT2D eigenvalue weighted by atomic mass is 9.47. The number of hydrogen-bond acceptors (Lipinski definition) is 3. The van der Waals surface area contributed by atoms with E-state index in [0.717, 1.165) is 42.9 Å². The van der Waals surface area contributed by atoms with E-state index in [9.17, 15) is 9.90 Å². The summed E-state index contributed by atoms with van der Waals surface area (Å²) in [5.41, 5.74) is -0.969. The number of aromatic nitrogens is 1. The van der Waals surface area contributed by atoms with E-state index in [1.54, 1.807) is 11.3 Å². The van der Waals surface area contributed by atoms with Crippen molar-refractivity contribution in [3.63, 3.8) is 0 Å². The first-order valence-corrected chi connectivity index (χ1v) is 10.4. The molecule has 0 aromatic carbocycles. The van der Waals surface area contributed by atoms with Gasteiger partial charge in [0.05, 0.1) is 11.0 Å². The van der Waals surface area contributed by atoms with Crippen LogP contribution in [-0.2, 0) is 11.3 Å². The second kappa shape index (κ2) is 5.28. The molecule has 24 heavy (non-hydrogen) atoms. The zero-order valence-electron chi connectivity index (χ0n) is 14.1. The van der Waals surface area contributed by atoms with Crippen LogP contribution in [0.2, 0.25) is 0 Å². The van der Waals surface area contributed by atoms with Crippen molar-refractivity contribution >= 4 is 17.2 Å². The van der Waals surface area contributed by atoms with E-state index in [1.807, 2.05) is 5.38 Å². The lowest BCUT2D eigenvalue weighted by molar-refractivity contribution is -0.175. The molecule has 5 heteroatoms. The number of carbonyl (C=O) groups excluding carboxylic acids is 1. The molecule has 130 valence electrons. The quantitative estimate of drug-likeness (QED) is 0.914. The summed E-state index contributed by atoms with van der Waals surface area (Å²) in [6, 6.07) is 0. The number of thiazole rings is 1. The van der Waals surface area contributed by atoms with Crippen LogP contribution in [0.4, 0.5) is 0 Å². The van der Waals surface area contributed by atoms with Crippen LogP contribution >= 0.6 is 11.3 Å². The molecule has 6 rings (SSSR count). The van der Waals surface area contributed by atoms with Crippen molar-refractivity contribution in [1.29, 1.82) is 0 Å². The SMILES string of the molecule is O=C(/N=c1\sccn1CC1CCC1)C12CC3CC(CC(O)(C3)C1)C2. The molecule has 5 saturated carbocycles. The van der Waals surface area contributed by atoms with Crippen molar-refractivity contribution < 1.29 is 9.90 Å². The lowest BCUT2D eigenvalue weighted by Crippen LogP contribution is -2.58. The maximum atomic E-state index is 13.1. The molecule has 5 fully saturated rings. The van der Waals surface area contributed by atoms with Crippen LogP contribution in [0.5, 0.6) is 0 Å². The van der Waals surface area contributed by atoms with E-state index in [1.165, 1.54) is 25.7 Å². The van der Waals surface area contributed by atoms with Gasteiger partial charge < -0.3 is 9.67 Å². The van der Waals surface area contributed by atoms with Gasteiger partial charge in [-0.25, -0.2) is 0 Å². The molecular weight excluding hydrogens is 320 g/mol. The number of hydrogen-bond donors (Lipinski definition) is 1. The van der Waals surface area contributed by atoms with Gasteiger partial charge in [-0.3, -0.25) is 4.79 Å². The van der Waals surface area contributed by atoms with Crippen molar-refractivity contribution in [1.82, 2.24) is 4.57 Å². The van der Waals surface area contributed by atoms with E-state index in [-0.39, 0.29) is 11.3 Å². The molecule has 1 heterocycles. The Balaban J connectivity index is 1.43. The minimum Gasteiger partial charge on any atom is -0.390 e. The molecule has 1 aromatic rings. The third-order valence-electron chi connectivity index (χ3n) is 7.02. The Hall–Kier alpha value is -0.940. The van der Waals surface area contributed by atoms with Gasteiger partial charge in [-0.05, 0) is 69.1 Å². The Kier molecular flexibility index (Phi) is 3.37. The summed E-state index contributed by atoms with van der Waals surface area (Å²) in [5, 5.41) is 12.9. The Morgan fingerprint density at radius 3 is 2.67 bits per heavy atom. The maximum absolute atomic E-state index is 13.1. The van der Waals surface area contributed by atoms with Crippen LogP contribution in [-0.4, -0.2) is 21.2 Å². The van der Waals surface area contributed by atoms with Gasteiger partial charge in [0.25, 0.3) is 5.91 Å². The van der Waals surface area contributed by atoms with Crippen LogP contribution in [0.15, 0.2) is 16.6 Å². The molecule has 1 amide bonds. The summed E-state index contributed by atoms with van der Waals surface area (Å²) < 4.78 is 2.17. The Bertz CT molecular complexity index is 716. The minimum absolute atomic E-state index is 0.0415. The van der Waals surface area contributed by atoms with Gasteiger partial charge in [-0.2, -0.15) is 4.99 Å². The van der Waals surface area contributed by atoms with Gasteiger partial charge in [-0.1, -0.05) is 6.42 Å². The van der Waals surface area contributed by atoms with Crippen LogP contribution in [0, 0.1) is 23.2 Å². The summed E-state index contributed by atoms with van der Waals surface area (Å²) in [7, 11) is 0. The van der Waals surface area contributed by atoms with Crippen molar-refractivity contribution in [3.05, 3.63) is 16.4 Å². The summed E-state index contributed by atoms with van der Waals surface area (Å²) >= 11 is 1.57. The number of rotatable bonds is 3. The van der Waals surface area contributed by atoms with E-state index in [0.29, 0.717) is 18.3 Å². The van der Waals surface area contributed by atoms with Crippen molar-refractivity contribution in [2.24, 2.45) is 28.2 Å². The van der Waals surface area contributed by atoms with Crippen molar-refractivity contribution in [3.8, 4) is 0 Å². The molecule has 4 nitrogen and oxygen atoms in total. The third-order valence-corrected chi connectivity index (χ3v) is 7.82. The highest BCUT2D eigenvalue weighted by Crippen LogP contribution is 2.61. The molecule has 0 saturated heterocycles. The summed E-state index contributed by atoms with van der Waals surface area (Å²) in [6.45, 7) is 0.998. The monoisotopic (exact) mass is 346 g/mol. The first kappa shape index (κ1) is 15.3. The molecule has 4 bridgehead atoms. The maximum Gasteiger partial charge on any atom is 0.254 e. The first-order valence-electron chi connectivity index (χ1n) is 9.49. The number of carbonyl (C=O) groups is 1. The van der Waals surface area contributed by atoms with Gasteiger partial charge in [0.15, 0.2) is 4.80 Å². The highest BCUT2D eigenvalue weighted by atomic mass is 32.1. The zero-order chi connectivity index (χ0) is 16.4. The molecule has 5 aliphatic carbocycles. The number of nitrogens with zero attached hydrogens (tertiary/aromatic N) is 2. The molecule has 1 N–H and O–H groups in total. The van der Waals surface area contributed by atoms with E-state index in [2.05, 4.69) is 15.8 Å². The fourth-order valence-corrected chi connectivity index (χ4v) is 6.89. The summed E-state index contributed by atoms with van der Waals surface area (Å²) in [5.74, 6) is 1.86. The average Bonchev–Trinajstić information content (AvgIpc) is 2.87. The molecule has 0 spiro atoms. The summed E-state index contributed by atoms with van der Waals surface area (Å²) in [6.07, 6.45) is 11.6. The smallest absolute Gasteiger partial charge is 0.254 e. The molecule has 5 aliphatic rings. The fraction of sp³-hybridized carbons (Fsp3) is 0.789. The number of aliphatic hydroxyl groups is 1. The van der Waals surface area contributed by atoms with Gasteiger partial charge in [0, 0.05) is 18.1 Å². The lowest BCUT2D eigenvalue weighted by Gasteiger charge is -2.58. The van der Waals surface area contributed by atoms with E-state index >= 15 is 0 Å². The average molecular weight is 346 g/mol. The molecular formula is C19H26N2O2S. The molecule has 0 aliphatic heterocycles. The second-order valence-corrected chi connectivity index (χ2v) is 9.89. The molecule has 2 unspecified atom stereocenters. The minimum atomic E-state index is -0.591. The molecule has 1 aromatic heterocycles. The van der Waals surface area contributed by atoms with Crippen LogP contribution in [0.1, 0.15) is 57.8 Å². The predicted octanol–water partition coefficient (Wildman–Crippen LogP) is 3.11. The van der Waals surface area contributed by atoms with Crippen molar-refractivity contribution in [2.45, 2.75) is 69.9 Å². The normalized spacial score (nSPS) is 41.6. The highest BCUT2D eigenvalue weighted by molar-refractivity contribution is 7.07. The van der Waals surface area contributed by atoms with Crippen LogP contribution < -0.4 is 4.80 Å². The Morgan fingerprint density at radius 1 is 1.29 bits per heavy atom. The first-order chi connectivity index (χ1) is 11.5. The van der Waals surface area contributed by atoms with Gasteiger partial charge >= 0.3 is 0 Å². The topological polar surface area (TPSA) is 54.6 Å². The van der Waals surface area contributed by atoms with Crippen LogP contribution in [0.3, 0.4) is 0 Å². The largest absolute Gasteiger partial charge is 0.390 e. The van der Waals surface area contributed by atoms with Gasteiger partial charge in [0.1, 0.15) is 0 Å². The highest BCUT2D eigenvalue weighted by Gasteiger charge is 2.60. The predicted molar refractivity (Wildman–Crippen MR) is 92.3 cm³/mol.